The molecule has 80 valence electrons. The Morgan fingerprint density at radius 1 is 1.07 bits per heavy atom. The fraction of sp³-hybridized carbons (Fsp3) is 0.333. The Labute approximate surface area is 74.1 Å². The van der Waals surface area contributed by atoms with E-state index >= 15 is 0 Å². The topological polar surface area (TPSA) is 17.8 Å². The van der Waals surface area contributed by atoms with Crippen molar-refractivity contribution in [2.24, 2.45) is 0 Å². The zero-order valence-electron chi connectivity index (χ0n) is 6.45. The highest BCUT2D eigenvalue weighted by Crippen LogP contribution is 2.39. The molecule has 0 unspecified atom stereocenters. The Morgan fingerprint density at radius 2 is 1.57 bits per heavy atom. The number of rotatable bonds is 0. The predicted octanol–water partition coefficient (Wildman–Crippen LogP) is 2.56. The van der Waals surface area contributed by atoms with Gasteiger partial charge in [0.1, 0.15) is 0 Å². The van der Waals surface area contributed by atoms with Crippen molar-refractivity contribution in [3.05, 3.63) is 24.5 Å². The number of halogens is 6. The molecule has 14 heavy (non-hydrogen) atoms. The molecule has 0 aliphatic heterocycles. The Balaban J connectivity index is 3.31. The molecule has 0 aliphatic rings. The molecule has 8 heteroatoms. The van der Waals surface area contributed by atoms with Crippen molar-refractivity contribution in [1.82, 2.24) is 9.78 Å². The van der Waals surface area contributed by atoms with Gasteiger partial charge < -0.3 is 4.68 Å². The van der Waals surface area contributed by atoms with Crippen LogP contribution in [0, 0.1) is 7.05 Å². The molecular weight excluding hydrogens is 214 g/mol. The molecule has 1 aromatic heterocycles. The van der Waals surface area contributed by atoms with Gasteiger partial charge in [-0.25, -0.2) is 5.10 Å². The van der Waals surface area contributed by atoms with Crippen LogP contribution >= 0.6 is 0 Å². The molecule has 2 nitrogen and oxygen atoms in total. The molecule has 0 saturated carbocycles. The largest absolute Gasteiger partial charge is 0.434 e. The summed E-state index contributed by atoms with van der Waals surface area (Å²) in [6, 6.07) is 0. The van der Waals surface area contributed by atoms with Crippen molar-refractivity contribution < 1.29 is 26.3 Å². The first-order chi connectivity index (χ1) is 6.12. The molecule has 0 atom stereocenters. The quantitative estimate of drug-likeness (QED) is 0.482. The van der Waals surface area contributed by atoms with Crippen LogP contribution in [0.3, 0.4) is 0 Å². The van der Waals surface area contributed by atoms with E-state index in [4.69, 9.17) is 0 Å². The van der Waals surface area contributed by atoms with Crippen molar-refractivity contribution in [2.45, 2.75) is 12.4 Å². The van der Waals surface area contributed by atoms with E-state index in [1.807, 2.05) is 0 Å². The van der Waals surface area contributed by atoms with E-state index in [9.17, 15) is 26.3 Å². The maximum atomic E-state index is 12.0. The summed E-state index contributed by atoms with van der Waals surface area (Å²) in [7, 11) is 2.83. The standard InChI is InChI=1S/C6H3F6N2/c1-14-2-3(5(7,8)9)4(13-14)6(10,11)12/h2H,1H2/q-1. The van der Waals surface area contributed by atoms with Gasteiger partial charge in [-0.1, -0.05) is 0 Å². The van der Waals surface area contributed by atoms with Crippen LogP contribution in [0.1, 0.15) is 11.3 Å². The number of aromatic nitrogens is 2. The summed E-state index contributed by atoms with van der Waals surface area (Å²) in [6.45, 7) is 0. The zero-order chi connectivity index (χ0) is 11.1. The van der Waals surface area contributed by atoms with Crippen molar-refractivity contribution in [2.75, 3.05) is 0 Å². The third kappa shape index (κ3) is 1.94. The van der Waals surface area contributed by atoms with Gasteiger partial charge in [0, 0.05) is 5.56 Å². The molecule has 1 heterocycles. The highest BCUT2D eigenvalue weighted by Gasteiger charge is 2.43. The Bertz CT molecular complexity index is 302. The fourth-order valence-electron chi connectivity index (χ4n) is 0.838. The van der Waals surface area contributed by atoms with Crippen molar-refractivity contribution in [3.63, 3.8) is 0 Å². The van der Waals surface area contributed by atoms with E-state index in [-0.39, 0.29) is 10.9 Å². The molecule has 1 aromatic rings. The lowest BCUT2D eigenvalue weighted by Gasteiger charge is -2.10. The minimum atomic E-state index is -5.13. The lowest BCUT2D eigenvalue weighted by Crippen LogP contribution is -2.15. The molecule has 0 aliphatic carbocycles. The van der Waals surface area contributed by atoms with Crippen LogP contribution in [0.15, 0.2) is 6.20 Å². The summed E-state index contributed by atoms with van der Waals surface area (Å²) in [6.07, 6.45) is -10.0. The third-order valence-corrected chi connectivity index (χ3v) is 1.34. The van der Waals surface area contributed by atoms with Crippen molar-refractivity contribution >= 4 is 0 Å². The van der Waals surface area contributed by atoms with Crippen molar-refractivity contribution in [3.8, 4) is 0 Å². The summed E-state index contributed by atoms with van der Waals surface area (Å²) >= 11 is 0. The molecule has 0 N–H and O–H groups in total. The van der Waals surface area contributed by atoms with Crippen LogP contribution in [0.2, 0.25) is 0 Å². The van der Waals surface area contributed by atoms with Crippen molar-refractivity contribution in [1.29, 1.82) is 0 Å². The van der Waals surface area contributed by atoms with Gasteiger partial charge in [0.2, 0.25) is 0 Å². The highest BCUT2D eigenvalue weighted by molar-refractivity contribution is 5.23. The molecular formula is C6H3F6N2-. The molecule has 0 aromatic carbocycles. The zero-order valence-corrected chi connectivity index (χ0v) is 6.45. The minimum Gasteiger partial charge on any atom is -0.407 e. The van der Waals surface area contributed by atoms with Gasteiger partial charge in [-0.05, 0) is 0 Å². The van der Waals surface area contributed by atoms with E-state index in [1.165, 1.54) is 0 Å². The second kappa shape index (κ2) is 2.82. The smallest absolute Gasteiger partial charge is 0.407 e. The van der Waals surface area contributed by atoms with Crippen LogP contribution in [0.5, 0.6) is 0 Å². The fourth-order valence-corrected chi connectivity index (χ4v) is 0.838. The van der Waals surface area contributed by atoms with E-state index in [1.54, 1.807) is 0 Å². The van der Waals surface area contributed by atoms with Crippen LogP contribution in [0.25, 0.3) is 0 Å². The summed E-state index contributed by atoms with van der Waals surface area (Å²) in [5, 5.41) is 2.61. The van der Waals surface area contributed by atoms with Crippen LogP contribution in [-0.4, -0.2) is 9.78 Å². The second-order valence-corrected chi connectivity index (χ2v) is 2.43. The van der Waals surface area contributed by atoms with E-state index in [2.05, 4.69) is 12.1 Å². The Kier molecular flexibility index (Phi) is 2.17. The number of alkyl halides is 6. The number of hydrogen-bond acceptors (Lipinski definition) is 1. The molecule has 0 saturated heterocycles. The maximum absolute atomic E-state index is 12.0. The SMILES string of the molecule is [CH2-]n1cc(C(F)(F)F)c(C(F)(F)F)n1. The molecule has 0 bridgehead atoms. The van der Waals surface area contributed by atoms with Gasteiger partial charge in [-0.2, -0.15) is 33.4 Å². The Hall–Kier alpha value is -1.34. The molecule has 0 radical (unpaired) electrons. The summed E-state index contributed by atoms with van der Waals surface area (Å²) in [4.78, 5) is 0. The molecule has 0 amide bonds. The monoisotopic (exact) mass is 217 g/mol. The summed E-state index contributed by atoms with van der Waals surface area (Å²) in [5.41, 5.74) is -3.81. The number of hydrogen-bond donors (Lipinski definition) is 0. The van der Waals surface area contributed by atoms with Crippen LogP contribution in [0.4, 0.5) is 26.3 Å². The number of nitrogens with zero attached hydrogens (tertiary/aromatic N) is 2. The lowest BCUT2D eigenvalue weighted by atomic mass is 10.2. The molecule has 0 fully saturated rings. The average molecular weight is 217 g/mol. The van der Waals surface area contributed by atoms with Gasteiger partial charge in [0.05, 0.1) is 0 Å². The first-order valence-electron chi connectivity index (χ1n) is 3.17. The average Bonchev–Trinajstić information content (AvgIpc) is 2.27. The van der Waals surface area contributed by atoms with Gasteiger partial charge in [0.15, 0.2) is 5.69 Å². The summed E-state index contributed by atoms with van der Waals surface area (Å²) < 4.78 is 72.2. The first kappa shape index (κ1) is 10.7. The predicted molar refractivity (Wildman–Crippen MR) is 33.0 cm³/mol. The van der Waals surface area contributed by atoms with Gasteiger partial charge in [0.25, 0.3) is 0 Å². The van der Waals surface area contributed by atoms with Crippen LogP contribution in [-0.2, 0) is 12.4 Å². The maximum Gasteiger partial charge on any atom is 0.434 e. The molecule has 0 spiro atoms. The highest BCUT2D eigenvalue weighted by atomic mass is 19.4. The molecule has 1 rings (SSSR count). The normalized spacial score (nSPS) is 13.3. The van der Waals surface area contributed by atoms with E-state index < -0.39 is 23.6 Å². The van der Waals surface area contributed by atoms with E-state index in [0.717, 1.165) is 0 Å². The van der Waals surface area contributed by atoms with Gasteiger partial charge in [-0.3, -0.25) is 0 Å². The van der Waals surface area contributed by atoms with Gasteiger partial charge >= 0.3 is 12.4 Å². The summed E-state index contributed by atoms with van der Waals surface area (Å²) in [5.74, 6) is 0. The first-order valence-corrected chi connectivity index (χ1v) is 3.17. The second-order valence-electron chi connectivity index (χ2n) is 2.43. The Morgan fingerprint density at radius 3 is 1.86 bits per heavy atom. The van der Waals surface area contributed by atoms with Crippen LogP contribution < -0.4 is 0 Å². The lowest BCUT2D eigenvalue weighted by molar-refractivity contribution is -0.163. The minimum absolute atomic E-state index is 0.183. The van der Waals surface area contributed by atoms with Gasteiger partial charge in [-0.15, -0.1) is 6.20 Å². The van der Waals surface area contributed by atoms with E-state index in [0.29, 0.717) is 0 Å². The third-order valence-electron chi connectivity index (χ3n) is 1.34.